The van der Waals surface area contributed by atoms with Gasteiger partial charge in [-0.2, -0.15) is 15.0 Å². The summed E-state index contributed by atoms with van der Waals surface area (Å²) in [5.41, 5.74) is 7.01. The number of nitrogens with zero attached hydrogens (tertiary/aromatic N) is 4. The van der Waals surface area contributed by atoms with Gasteiger partial charge in [-0.3, -0.25) is 0 Å². The van der Waals surface area contributed by atoms with E-state index >= 15 is 0 Å². The molecule has 0 spiro atoms. The number of ether oxygens (including phenoxy) is 1. The van der Waals surface area contributed by atoms with Gasteiger partial charge < -0.3 is 15.4 Å². The Morgan fingerprint density at radius 2 is 2.09 bits per heavy atom. The van der Waals surface area contributed by atoms with Crippen LogP contribution in [0.3, 0.4) is 0 Å². The first-order valence-corrected chi connectivity index (χ1v) is 8.19. The van der Waals surface area contributed by atoms with Gasteiger partial charge in [0, 0.05) is 24.9 Å². The zero-order valence-corrected chi connectivity index (χ0v) is 13.5. The lowest BCUT2D eigenvalue weighted by Gasteiger charge is -2.25. The Morgan fingerprint density at radius 1 is 1.27 bits per heavy atom. The number of nitrogen functional groups attached to an aromatic ring is 1. The number of thioether (sulfide) groups is 1. The standard InChI is InChI=1S/C15H19N5OS/c1-20(2)15-18-13(17-14(16)19-15)9-22-12-7-8-21-11-6-4-3-5-10(11)12/h3-6,12H,7-9H2,1-2H3,(H2,16,17,18,19). The number of fused-ring (bicyclic) bond motifs is 1. The molecule has 3 rings (SSSR count). The van der Waals surface area contributed by atoms with Gasteiger partial charge in [-0.1, -0.05) is 18.2 Å². The molecule has 1 unspecified atom stereocenters. The summed E-state index contributed by atoms with van der Waals surface area (Å²) in [6.07, 6.45) is 0.989. The van der Waals surface area contributed by atoms with E-state index in [-0.39, 0.29) is 5.95 Å². The third kappa shape index (κ3) is 3.24. The lowest BCUT2D eigenvalue weighted by Crippen LogP contribution is -2.16. The van der Waals surface area contributed by atoms with E-state index in [0.717, 1.165) is 18.8 Å². The zero-order chi connectivity index (χ0) is 15.5. The van der Waals surface area contributed by atoms with Crippen LogP contribution in [0.15, 0.2) is 24.3 Å². The molecule has 0 bridgehead atoms. The van der Waals surface area contributed by atoms with Gasteiger partial charge in [-0.05, 0) is 12.5 Å². The maximum absolute atomic E-state index is 5.76. The molecule has 0 saturated carbocycles. The predicted molar refractivity (Wildman–Crippen MR) is 89.2 cm³/mol. The molecule has 0 saturated heterocycles. The van der Waals surface area contributed by atoms with E-state index in [1.54, 1.807) is 0 Å². The van der Waals surface area contributed by atoms with Crippen LogP contribution in [0.5, 0.6) is 5.75 Å². The average Bonchev–Trinajstić information content (AvgIpc) is 2.52. The van der Waals surface area contributed by atoms with Crippen molar-refractivity contribution in [2.45, 2.75) is 17.4 Å². The van der Waals surface area contributed by atoms with Crippen LogP contribution in [-0.4, -0.2) is 35.7 Å². The monoisotopic (exact) mass is 317 g/mol. The Hall–Kier alpha value is -2.02. The first-order valence-electron chi connectivity index (χ1n) is 7.14. The van der Waals surface area contributed by atoms with Crippen molar-refractivity contribution in [2.24, 2.45) is 0 Å². The summed E-state index contributed by atoms with van der Waals surface area (Å²) in [5.74, 6) is 3.25. The highest BCUT2D eigenvalue weighted by molar-refractivity contribution is 7.98. The molecular formula is C15H19N5OS. The Labute approximate surface area is 134 Å². The largest absolute Gasteiger partial charge is 0.493 e. The fourth-order valence-electron chi connectivity index (χ4n) is 2.35. The van der Waals surface area contributed by atoms with Crippen LogP contribution in [0.4, 0.5) is 11.9 Å². The van der Waals surface area contributed by atoms with Gasteiger partial charge in [-0.15, -0.1) is 11.8 Å². The minimum Gasteiger partial charge on any atom is -0.493 e. The normalized spacial score (nSPS) is 16.7. The average molecular weight is 317 g/mol. The summed E-state index contributed by atoms with van der Waals surface area (Å²) >= 11 is 1.82. The number of benzene rings is 1. The number of rotatable bonds is 4. The van der Waals surface area contributed by atoms with Gasteiger partial charge in [0.15, 0.2) is 0 Å². The number of nitrogens with two attached hydrogens (primary N) is 1. The molecule has 1 aliphatic rings. The molecule has 0 radical (unpaired) electrons. The summed E-state index contributed by atoms with van der Waals surface area (Å²) in [4.78, 5) is 14.6. The van der Waals surface area contributed by atoms with Crippen molar-refractivity contribution in [2.75, 3.05) is 31.3 Å². The Kier molecular flexibility index (Phi) is 4.33. The number of anilines is 2. The van der Waals surface area contributed by atoms with Crippen molar-refractivity contribution >= 4 is 23.7 Å². The van der Waals surface area contributed by atoms with Crippen LogP contribution in [0, 0.1) is 0 Å². The number of para-hydroxylation sites is 1. The number of aromatic nitrogens is 3. The predicted octanol–water partition coefficient (Wildman–Crippen LogP) is 2.28. The first-order chi connectivity index (χ1) is 10.6. The molecule has 2 heterocycles. The Morgan fingerprint density at radius 3 is 2.91 bits per heavy atom. The van der Waals surface area contributed by atoms with E-state index in [4.69, 9.17) is 10.5 Å². The van der Waals surface area contributed by atoms with Gasteiger partial charge in [0.25, 0.3) is 0 Å². The van der Waals surface area contributed by atoms with Crippen molar-refractivity contribution in [3.8, 4) is 5.75 Å². The molecule has 1 aromatic heterocycles. The molecule has 0 fully saturated rings. The van der Waals surface area contributed by atoms with E-state index in [1.807, 2.05) is 49.0 Å². The highest BCUT2D eigenvalue weighted by Gasteiger charge is 2.22. The van der Waals surface area contributed by atoms with E-state index < -0.39 is 0 Å². The van der Waals surface area contributed by atoms with Gasteiger partial charge in [0.2, 0.25) is 11.9 Å². The van der Waals surface area contributed by atoms with Crippen LogP contribution >= 0.6 is 11.8 Å². The van der Waals surface area contributed by atoms with Crippen molar-refractivity contribution in [3.05, 3.63) is 35.7 Å². The number of hydrogen-bond acceptors (Lipinski definition) is 7. The molecule has 7 heteroatoms. The molecule has 1 aliphatic heterocycles. The van der Waals surface area contributed by atoms with E-state index in [0.29, 0.717) is 22.8 Å². The molecule has 1 aromatic carbocycles. The van der Waals surface area contributed by atoms with Crippen molar-refractivity contribution < 1.29 is 4.74 Å². The van der Waals surface area contributed by atoms with E-state index in [1.165, 1.54) is 5.56 Å². The molecule has 6 nitrogen and oxygen atoms in total. The second-order valence-corrected chi connectivity index (χ2v) is 6.47. The minimum atomic E-state index is 0.265. The van der Waals surface area contributed by atoms with Crippen molar-refractivity contribution in [1.82, 2.24) is 15.0 Å². The van der Waals surface area contributed by atoms with Crippen LogP contribution in [0.2, 0.25) is 0 Å². The van der Waals surface area contributed by atoms with Gasteiger partial charge in [0.1, 0.15) is 11.6 Å². The zero-order valence-electron chi connectivity index (χ0n) is 12.7. The Bertz CT molecular complexity index is 664. The third-order valence-electron chi connectivity index (χ3n) is 3.40. The van der Waals surface area contributed by atoms with Gasteiger partial charge in [0.05, 0.1) is 12.4 Å². The SMILES string of the molecule is CN(C)c1nc(N)nc(CSC2CCOc3ccccc32)n1. The summed E-state index contributed by atoms with van der Waals surface area (Å²) in [7, 11) is 3.78. The Balaban J connectivity index is 1.74. The quantitative estimate of drug-likeness (QED) is 0.927. The van der Waals surface area contributed by atoms with Crippen LogP contribution in [0.25, 0.3) is 0 Å². The number of hydrogen-bond donors (Lipinski definition) is 1. The lowest BCUT2D eigenvalue weighted by atomic mass is 10.1. The molecule has 2 aromatic rings. The second kappa shape index (κ2) is 6.39. The third-order valence-corrected chi connectivity index (χ3v) is 4.72. The summed E-state index contributed by atoms with van der Waals surface area (Å²) < 4.78 is 5.69. The maximum atomic E-state index is 5.76. The first kappa shape index (κ1) is 14.9. The van der Waals surface area contributed by atoms with Crippen molar-refractivity contribution in [3.63, 3.8) is 0 Å². The van der Waals surface area contributed by atoms with Crippen molar-refractivity contribution in [1.29, 1.82) is 0 Å². The maximum Gasteiger partial charge on any atom is 0.229 e. The minimum absolute atomic E-state index is 0.265. The topological polar surface area (TPSA) is 77.2 Å². The molecule has 22 heavy (non-hydrogen) atoms. The molecule has 1 atom stereocenters. The molecule has 0 amide bonds. The van der Waals surface area contributed by atoms with Crippen LogP contribution in [-0.2, 0) is 5.75 Å². The summed E-state index contributed by atoms with van der Waals surface area (Å²) in [6, 6.07) is 8.19. The smallest absolute Gasteiger partial charge is 0.229 e. The molecule has 116 valence electrons. The fourth-order valence-corrected chi connectivity index (χ4v) is 3.46. The lowest BCUT2D eigenvalue weighted by molar-refractivity contribution is 0.286. The second-order valence-electron chi connectivity index (χ2n) is 5.28. The summed E-state index contributed by atoms with van der Waals surface area (Å²) in [6.45, 7) is 0.747. The molecular weight excluding hydrogens is 298 g/mol. The fraction of sp³-hybridized carbons (Fsp3) is 0.400. The van der Waals surface area contributed by atoms with Gasteiger partial charge in [-0.25, -0.2) is 0 Å². The van der Waals surface area contributed by atoms with Crippen LogP contribution in [0.1, 0.15) is 23.1 Å². The van der Waals surface area contributed by atoms with E-state index in [9.17, 15) is 0 Å². The van der Waals surface area contributed by atoms with Gasteiger partial charge >= 0.3 is 0 Å². The highest BCUT2D eigenvalue weighted by Crippen LogP contribution is 2.41. The molecule has 2 N–H and O–H groups in total. The summed E-state index contributed by atoms with van der Waals surface area (Å²) in [5, 5.41) is 0.394. The van der Waals surface area contributed by atoms with E-state index in [2.05, 4.69) is 21.0 Å². The van der Waals surface area contributed by atoms with Crippen LogP contribution < -0.4 is 15.4 Å². The highest BCUT2D eigenvalue weighted by atomic mass is 32.2. The molecule has 0 aliphatic carbocycles.